The summed E-state index contributed by atoms with van der Waals surface area (Å²) < 4.78 is 31.3. The Morgan fingerprint density at radius 1 is 1.18 bits per heavy atom. The van der Waals surface area contributed by atoms with Crippen molar-refractivity contribution < 1.29 is 37.2 Å². The van der Waals surface area contributed by atoms with E-state index in [0.717, 1.165) is 0 Å². The first-order valence-corrected chi connectivity index (χ1v) is 6.16. The maximum Gasteiger partial charge on any atom is 0.400 e. The molecule has 2 atom stereocenters. The van der Waals surface area contributed by atoms with E-state index in [4.69, 9.17) is 15.3 Å². The molecule has 8 nitrogen and oxygen atoms in total. The molecule has 0 saturated carbocycles. The maximum absolute atomic E-state index is 11.3. The molecule has 2 unspecified atom stereocenters. The summed E-state index contributed by atoms with van der Waals surface area (Å²) in [7, 11) is -4.44. The van der Waals surface area contributed by atoms with Crippen molar-refractivity contribution in [1.29, 1.82) is 0 Å². The fourth-order valence-electron chi connectivity index (χ4n) is 0.777. The molecule has 0 radical (unpaired) electrons. The zero-order valence-electron chi connectivity index (χ0n) is 9.61. The highest BCUT2D eigenvalue weighted by Crippen LogP contribution is 2.18. The molecule has 0 aromatic heterocycles. The molecule has 0 rings (SSSR count). The van der Waals surface area contributed by atoms with E-state index in [9.17, 15) is 13.5 Å². The van der Waals surface area contributed by atoms with Crippen molar-refractivity contribution in [3.63, 3.8) is 0 Å². The first-order chi connectivity index (χ1) is 7.64. The van der Waals surface area contributed by atoms with Crippen molar-refractivity contribution in [1.82, 2.24) is 0 Å². The van der Waals surface area contributed by atoms with Gasteiger partial charge in [0, 0.05) is 0 Å². The first kappa shape index (κ1) is 16.7. The Kier molecular flexibility index (Phi) is 6.48. The lowest BCUT2D eigenvalue weighted by Gasteiger charge is -2.28. The molecule has 0 amide bonds. The first-order valence-electron chi connectivity index (χ1n) is 4.82. The summed E-state index contributed by atoms with van der Waals surface area (Å²) in [5, 5.41) is 35.3. The average Bonchev–Trinajstić information content (AvgIpc) is 2.23. The Morgan fingerprint density at radius 3 is 2.12 bits per heavy atom. The summed E-state index contributed by atoms with van der Waals surface area (Å²) >= 11 is 0. The second-order valence-electron chi connectivity index (χ2n) is 3.91. The lowest BCUT2D eigenvalue weighted by molar-refractivity contribution is -0.0601. The van der Waals surface area contributed by atoms with Crippen LogP contribution in [-0.4, -0.2) is 66.5 Å². The van der Waals surface area contributed by atoms with Crippen molar-refractivity contribution in [3.8, 4) is 0 Å². The molecule has 104 valence electrons. The van der Waals surface area contributed by atoms with E-state index in [1.54, 1.807) is 0 Å². The quantitative estimate of drug-likeness (QED) is 0.390. The minimum atomic E-state index is -4.44. The van der Waals surface area contributed by atoms with Crippen LogP contribution in [0.2, 0.25) is 0 Å². The second kappa shape index (κ2) is 6.59. The topological polar surface area (TPSA) is 134 Å². The molecule has 17 heavy (non-hydrogen) atoms. The van der Waals surface area contributed by atoms with Crippen molar-refractivity contribution >= 4 is 10.4 Å². The number of hydrogen-bond acceptors (Lipinski definition) is 8. The minimum absolute atomic E-state index is 0.655. The van der Waals surface area contributed by atoms with Crippen LogP contribution in [-0.2, 0) is 18.8 Å². The van der Waals surface area contributed by atoms with Gasteiger partial charge in [-0.2, -0.15) is 8.42 Å². The van der Waals surface area contributed by atoms with Crippen LogP contribution in [0.1, 0.15) is 13.8 Å². The Morgan fingerprint density at radius 2 is 1.71 bits per heavy atom. The largest absolute Gasteiger partial charge is 0.400 e. The maximum atomic E-state index is 11.3. The summed E-state index contributed by atoms with van der Waals surface area (Å²) in [6.07, 6.45) is -2.76. The van der Waals surface area contributed by atoms with Gasteiger partial charge in [-0.3, -0.25) is 0 Å². The molecule has 0 saturated heterocycles. The van der Waals surface area contributed by atoms with Gasteiger partial charge in [0.1, 0.15) is 17.8 Å². The van der Waals surface area contributed by atoms with Gasteiger partial charge in [0.2, 0.25) is 0 Å². The van der Waals surface area contributed by atoms with Gasteiger partial charge in [0.15, 0.2) is 0 Å². The third-order valence-electron chi connectivity index (χ3n) is 1.91. The molecule has 0 aliphatic heterocycles. The lowest BCUT2D eigenvalue weighted by atomic mass is 10.0. The van der Waals surface area contributed by atoms with Crippen molar-refractivity contribution in [3.05, 3.63) is 0 Å². The van der Waals surface area contributed by atoms with Crippen LogP contribution < -0.4 is 0 Å². The van der Waals surface area contributed by atoms with Gasteiger partial charge in [-0.1, -0.05) is 0 Å². The Hall–Kier alpha value is -0.290. The van der Waals surface area contributed by atoms with Gasteiger partial charge in [-0.15, -0.1) is 0 Å². The van der Waals surface area contributed by atoms with Crippen molar-refractivity contribution in [2.75, 3.05) is 19.8 Å². The van der Waals surface area contributed by atoms with Gasteiger partial charge in [-0.05, 0) is 13.8 Å². The highest BCUT2D eigenvalue weighted by atomic mass is 32.3. The van der Waals surface area contributed by atoms with Gasteiger partial charge in [0.25, 0.3) is 0 Å². The fourth-order valence-corrected chi connectivity index (χ4v) is 1.79. The van der Waals surface area contributed by atoms with E-state index in [1.165, 1.54) is 13.8 Å². The molecule has 0 spiro atoms. The van der Waals surface area contributed by atoms with E-state index < -0.39 is 48.0 Å². The van der Waals surface area contributed by atoms with E-state index in [2.05, 4.69) is 8.37 Å². The zero-order chi connectivity index (χ0) is 13.7. The monoisotopic (exact) mass is 274 g/mol. The van der Waals surface area contributed by atoms with Gasteiger partial charge in [0.05, 0.1) is 19.8 Å². The number of aliphatic hydroxyl groups is 4. The molecular weight excluding hydrogens is 256 g/mol. The van der Waals surface area contributed by atoms with Crippen LogP contribution in [0.4, 0.5) is 0 Å². The molecule has 0 fully saturated rings. The van der Waals surface area contributed by atoms with Crippen LogP contribution >= 0.6 is 0 Å². The summed E-state index contributed by atoms with van der Waals surface area (Å²) in [4.78, 5) is 0. The summed E-state index contributed by atoms with van der Waals surface area (Å²) in [6.45, 7) is 0.499. The Bertz CT molecular complexity index is 311. The second-order valence-corrected chi connectivity index (χ2v) is 5.13. The predicted octanol–water partition coefficient (Wildman–Crippen LogP) is -2.25. The molecule has 0 aliphatic carbocycles. The van der Waals surface area contributed by atoms with E-state index in [1.807, 2.05) is 0 Å². The number of hydrogen-bond donors (Lipinski definition) is 4. The molecule has 9 heteroatoms. The van der Waals surface area contributed by atoms with Gasteiger partial charge < -0.3 is 20.4 Å². The van der Waals surface area contributed by atoms with Crippen molar-refractivity contribution in [2.24, 2.45) is 0 Å². The number of aliphatic hydroxyl groups excluding tert-OH is 4. The molecule has 0 bridgehead atoms. The van der Waals surface area contributed by atoms with Crippen molar-refractivity contribution in [2.45, 2.75) is 31.7 Å². The van der Waals surface area contributed by atoms with Crippen LogP contribution in [0.3, 0.4) is 0 Å². The smallest absolute Gasteiger partial charge is 0.394 e. The summed E-state index contributed by atoms with van der Waals surface area (Å²) in [6, 6.07) is 0. The Labute approximate surface area is 99.7 Å². The van der Waals surface area contributed by atoms with Gasteiger partial charge in [-0.25, -0.2) is 8.37 Å². The molecule has 4 N–H and O–H groups in total. The zero-order valence-corrected chi connectivity index (χ0v) is 10.4. The standard InChI is InChI=1S/C8H18O8S/c1-8(2,7(12)4-10)16-17(13,14)15-5-6(11)3-9/h6-7,9-12H,3-5H2,1-2H3. The predicted molar refractivity (Wildman–Crippen MR) is 56.2 cm³/mol. The normalized spacial score (nSPS) is 16.8. The number of rotatable bonds is 8. The molecule has 0 aliphatic rings. The summed E-state index contributed by atoms with van der Waals surface area (Å²) in [5.74, 6) is 0. The van der Waals surface area contributed by atoms with E-state index in [-0.39, 0.29) is 0 Å². The average molecular weight is 274 g/mol. The van der Waals surface area contributed by atoms with Crippen LogP contribution in [0.5, 0.6) is 0 Å². The lowest BCUT2D eigenvalue weighted by Crippen LogP contribution is -2.43. The van der Waals surface area contributed by atoms with Gasteiger partial charge >= 0.3 is 10.4 Å². The van der Waals surface area contributed by atoms with E-state index >= 15 is 0 Å². The molecule has 0 aromatic rings. The highest BCUT2D eigenvalue weighted by molar-refractivity contribution is 7.81. The third-order valence-corrected chi connectivity index (χ3v) is 2.97. The molecule has 0 heterocycles. The highest BCUT2D eigenvalue weighted by Gasteiger charge is 2.34. The van der Waals surface area contributed by atoms with E-state index in [0.29, 0.717) is 0 Å². The van der Waals surface area contributed by atoms with Crippen LogP contribution in [0.15, 0.2) is 0 Å². The SMILES string of the molecule is CC(C)(OS(=O)(=O)OCC(O)CO)C(O)CO. The van der Waals surface area contributed by atoms with Crippen LogP contribution in [0, 0.1) is 0 Å². The molecule has 0 aromatic carbocycles. The third kappa shape index (κ3) is 6.27. The Balaban J connectivity index is 4.44. The fraction of sp³-hybridized carbons (Fsp3) is 1.00. The minimum Gasteiger partial charge on any atom is -0.394 e. The molecular formula is C8H18O8S. The summed E-state index contributed by atoms with van der Waals surface area (Å²) in [5.41, 5.74) is -1.57. The van der Waals surface area contributed by atoms with Crippen LogP contribution in [0.25, 0.3) is 0 Å².